The van der Waals surface area contributed by atoms with Crippen LogP contribution in [0.4, 0.5) is 0 Å². The third-order valence-corrected chi connectivity index (χ3v) is 4.45. The van der Waals surface area contributed by atoms with Crippen molar-refractivity contribution in [1.29, 1.82) is 0 Å². The van der Waals surface area contributed by atoms with Gasteiger partial charge in [0.2, 0.25) is 5.91 Å². The molecule has 0 radical (unpaired) electrons. The van der Waals surface area contributed by atoms with Crippen molar-refractivity contribution in [3.63, 3.8) is 0 Å². The highest BCUT2D eigenvalue weighted by Gasteiger charge is 2.51. The van der Waals surface area contributed by atoms with Gasteiger partial charge in [0, 0.05) is 6.04 Å². The molecule has 98 valence electrons. The molecule has 0 bridgehead atoms. The third-order valence-electron chi connectivity index (χ3n) is 4.45. The lowest BCUT2D eigenvalue weighted by Crippen LogP contribution is -2.45. The van der Waals surface area contributed by atoms with E-state index >= 15 is 0 Å². The number of nitrogens with zero attached hydrogens (tertiary/aromatic N) is 1. The Morgan fingerprint density at radius 1 is 1.47 bits per heavy atom. The largest absolute Gasteiger partial charge is 0.323 e. The zero-order valence-corrected chi connectivity index (χ0v) is 11.5. The molecule has 3 nitrogen and oxygen atoms in total. The van der Waals surface area contributed by atoms with Crippen LogP contribution < -0.4 is 5.32 Å². The molecule has 1 spiro atoms. The highest BCUT2D eigenvalue weighted by atomic mass is 16.2. The summed E-state index contributed by atoms with van der Waals surface area (Å²) in [7, 11) is 0. The summed E-state index contributed by atoms with van der Waals surface area (Å²) in [6, 6.07) is 0.380. The number of unbranched alkanes of at least 4 members (excludes halogenated alkanes) is 1. The summed E-state index contributed by atoms with van der Waals surface area (Å²) in [5.41, 5.74) is -0.195. The van der Waals surface area contributed by atoms with Crippen molar-refractivity contribution in [1.82, 2.24) is 10.2 Å². The topological polar surface area (TPSA) is 32.3 Å². The van der Waals surface area contributed by atoms with Crippen molar-refractivity contribution in [2.75, 3.05) is 0 Å². The molecule has 0 aromatic heterocycles. The molecule has 2 rings (SSSR count). The minimum absolute atomic E-state index is 0.195. The van der Waals surface area contributed by atoms with E-state index in [9.17, 15) is 4.79 Å². The second-order valence-electron chi connectivity index (χ2n) is 5.81. The van der Waals surface area contributed by atoms with E-state index in [4.69, 9.17) is 0 Å². The highest BCUT2D eigenvalue weighted by Crippen LogP contribution is 2.37. The predicted octanol–water partition coefficient (Wildman–Crippen LogP) is 2.66. The van der Waals surface area contributed by atoms with Crippen LogP contribution in [0.15, 0.2) is 0 Å². The van der Waals surface area contributed by atoms with Gasteiger partial charge in [-0.05, 0) is 33.1 Å². The first-order chi connectivity index (χ1) is 8.10. The summed E-state index contributed by atoms with van der Waals surface area (Å²) >= 11 is 0. The molecule has 2 unspecified atom stereocenters. The van der Waals surface area contributed by atoms with E-state index in [2.05, 4.69) is 31.0 Å². The molecule has 1 saturated carbocycles. The Hall–Kier alpha value is -0.570. The van der Waals surface area contributed by atoms with Gasteiger partial charge in [-0.2, -0.15) is 0 Å². The summed E-state index contributed by atoms with van der Waals surface area (Å²) in [5, 5.41) is 3.56. The maximum absolute atomic E-state index is 12.6. The second kappa shape index (κ2) is 4.97. The van der Waals surface area contributed by atoms with E-state index in [1.54, 1.807) is 0 Å². The smallest absolute Gasteiger partial charge is 0.244 e. The van der Waals surface area contributed by atoms with Gasteiger partial charge in [-0.15, -0.1) is 0 Å². The first-order valence-corrected chi connectivity index (χ1v) is 7.21. The molecule has 2 aliphatic rings. The maximum atomic E-state index is 12.6. The van der Waals surface area contributed by atoms with Gasteiger partial charge in [-0.25, -0.2) is 0 Å². The minimum Gasteiger partial charge on any atom is -0.323 e. The molecule has 1 aliphatic heterocycles. The van der Waals surface area contributed by atoms with E-state index in [1.165, 1.54) is 25.7 Å². The number of amides is 1. The van der Waals surface area contributed by atoms with Crippen molar-refractivity contribution in [3.05, 3.63) is 0 Å². The lowest BCUT2D eigenvalue weighted by Gasteiger charge is -2.28. The molecule has 1 saturated heterocycles. The third kappa shape index (κ3) is 2.22. The molecule has 1 aliphatic carbocycles. The number of hydrogen-bond donors (Lipinski definition) is 1. The minimum atomic E-state index is -0.195. The summed E-state index contributed by atoms with van der Waals surface area (Å²) in [5.74, 6) is 0.367. The predicted molar refractivity (Wildman–Crippen MR) is 69.6 cm³/mol. The molecular formula is C14H26N2O. The van der Waals surface area contributed by atoms with E-state index in [1.807, 2.05) is 0 Å². The quantitative estimate of drug-likeness (QED) is 0.816. The van der Waals surface area contributed by atoms with Crippen LogP contribution in [0.3, 0.4) is 0 Å². The second-order valence-corrected chi connectivity index (χ2v) is 5.81. The van der Waals surface area contributed by atoms with Gasteiger partial charge >= 0.3 is 0 Å². The van der Waals surface area contributed by atoms with Gasteiger partial charge in [0.1, 0.15) is 0 Å². The highest BCUT2D eigenvalue weighted by molar-refractivity contribution is 5.89. The number of carbonyl (C=O) groups is 1. The molecule has 3 heteroatoms. The van der Waals surface area contributed by atoms with Crippen LogP contribution in [0.25, 0.3) is 0 Å². The Balaban J connectivity index is 2.05. The molecule has 1 N–H and O–H groups in total. The van der Waals surface area contributed by atoms with Crippen molar-refractivity contribution >= 4 is 5.91 Å². The fraction of sp³-hybridized carbons (Fsp3) is 0.929. The number of rotatable bonds is 4. The maximum Gasteiger partial charge on any atom is 0.244 e. The molecular weight excluding hydrogens is 212 g/mol. The van der Waals surface area contributed by atoms with Crippen LogP contribution in [0.1, 0.15) is 65.7 Å². The summed E-state index contributed by atoms with van der Waals surface area (Å²) < 4.78 is 0. The van der Waals surface area contributed by atoms with Gasteiger partial charge < -0.3 is 4.90 Å². The molecule has 1 amide bonds. The van der Waals surface area contributed by atoms with Gasteiger partial charge in [0.05, 0.1) is 11.7 Å². The van der Waals surface area contributed by atoms with E-state index < -0.39 is 0 Å². The zero-order chi connectivity index (χ0) is 12.5. The Kier molecular flexibility index (Phi) is 3.76. The molecule has 2 atom stereocenters. The standard InChI is InChI=1S/C14H26N2O/c1-4-5-8-11(2)16-12(3)15-14(13(16)17)9-6-7-10-14/h11-12,15H,4-10H2,1-3H3. The fourth-order valence-corrected chi connectivity index (χ4v) is 3.51. The monoisotopic (exact) mass is 238 g/mol. The molecule has 0 aromatic carbocycles. The Bertz CT molecular complexity index is 284. The van der Waals surface area contributed by atoms with Crippen LogP contribution >= 0.6 is 0 Å². The summed E-state index contributed by atoms with van der Waals surface area (Å²) in [4.78, 5) is 14.7. The van der Waals surface area contributed by atoms with Crippen LogP contribution in [0.2, 0.25) is 0 Å². The van der Waals surface area contributed by atoms with Gasteiger partial charge in [-0.3, -0.25) is 10.1 Å². The summed E-state index contributed by atoms with van der Waals surface area (Å²) in [6.45, 7) is 6.53. The summed E-state index contributed by atoms with van der Waals surface area (Å²) in [6.07, 6.45) is 8.23. The number of nitrogens with one attached hydrogen (secondary N) is 1. The number of carbonyl (C=O) groups excluding carboxylic acids is 1. The van der Waals surface area contributed by atoms with E-state index in [-0.39, 0.29) is 11.7 Å². The van der Waals surface area contributed by atoms with Crippen molar-refractivity contribution in [2.24, 2.45) is 0 Å². The number of hydrogen-bond acceptors (Lipinski definition) is 2. The van der Waals surface area contributed by atoms with Crippen molar-refractivity contribution in [3.8, 4) is 0 Å². The first kappa shape index (κ1) is 12.9. The average molecular weight is 238 g/mol. The van der Waals surface area contributed by atoms with Crippen LogP contribution in [-0.4, -0.2) is 28.6 Å². The van der Waals surface area contributed by atoms with E-state index in [0.717, 1.165) is 19.3 Å². The van der Waals surface area contributed by atoms with Gasteiger partial charge in [0.25, 0.3) is 0 Å². The molecule has 0 aromatic rings. The van der Waals surface area contributed by atoms with Gasteiger partial charge in [0.15, 0.2) is 0 Å². The zero-order valence-electron chi connectivity index (χ0n) is 11.5. The van der Waals surface area contributed by atoms with Crippen LogP contribution in [0, 0.1) is 0 Å². The first-order valence-electron chi connectivity index (χ1n) is 7.21. The average Bonchev–Trinajstić information content (AvgIpc) is 2.84. The van der Waals surface area contributed by atoms with Crippen LogP contribution in [0.5, 0.6) is 0 Å². The lowest BCUT2D eigenvalue weighted by atomic mass is 9.97. The normalized spacial score (nSPS) is 29.2. The molecule has 17 heavy (non-hydrogen) atoms. The van der Waals surface area contributed by atoms with E-state index in [0.29, 0.717) is 11.9 Å². The SMILES string of the molecule is CCCCC(C)N1C(=O)C2(CCCC2)NC1C. The molecule has 1 heterocycles. The fourth-order valence-electron chi connectivity index (χ4n) is 3.51. The lowest BCUT2D eigenvalue weighted by molar-refractivity contribution is -0.135. The van der Waals surface area contributed by atoms with Crippen molar-refractivity contribution < 1.29 is 4.79 Å². The van der Waals surface area contributed by atoms with Crippen LogP contribution in [-0.2, 0) is 4.79 Å². The Labute approximate surface area is 105 Å². The van der Waals surface area contributed by atoms with Crippen molar-refractivity contribution in [2.45, 2.75) is 83.5 Å². The Morgan fingerprint density at radius 3 is 2.71 bits per heavy atom. The van der Waals surface area contributed by atoms with Gasteiger partial charge in [-0.1, -0.05) is 32.6 Å². The molecule has 2 fully saturated rings. The Morgan fingerprint density at radius 2 is 2.12 bits per heavy atom.